The predicted octanol–water partition coefficient (Wildman–Crippen LogP) is 1.43. The number of hydrogen-bond acceptors (Lipinski definition) is 4. The van der Waals surface area contributed by atoms with Crippen LogP contribution >= 0.6 is 0 Å². The number of carbonyl (C=O) groups is 2. The van der Waals surface area contributed by atoms with Crippen molar-refractivity contribution in [2.75, 3.05) is 12.3 Å². The molecule has 1 fully saturated rings. The van der Waals surface area contributed by atoms with Crippen LogP contribution in [-0.4, -0.2) is 43.6 Å². The van der Waals surface area contributed by atoms with Crippen molar-refractivity contribution >= 4 is 21.8 Å². The van der Waals surface area contributed by atoms with E-state index in [1.807, 2.05) is 13.8 Å². The topological polar surface area (TPSA) is 83.6 Å². The molecular formula is C15H20N2O4S. The Morgan fingerprint density at radius 3 is 2.41 bits per heavy atom. The molecule has 7 heteroatoms. The van der Waals surface area contributed by atoms with Crippen LogP contribution in [0.3, 0.4) is 0 Å². The lowest BCUT2D eigenvalue weighted by molar-refractivity contribution is -0.127. The third-order valence-corrected chi connectivity index (χ3v) is 5.21. The quantitative estimate of drug-likeness (QED) is 0.802. The van der Waals surface area contributed by atoms with Gasteiger partial charge in [0.05, 0.1) is 10.6 Å². The normalized spacial score (nSPS) is 18.9. The molecule has 0 bridgehead atoms. The Labute approximate surface area is 130 Å². The summed E-state index contributed by atoms with van der Waals surface area (Å²) in [6.45, 7) is 3.79. The molecule has 1 aliphatic rings. The summed E-state index contributed by atoms with van der Waals surface area (Å²) >= 11 is 0. The van der Waals surface area contributed by atoms with Crippen molar-refractivity contribution in [3.63, 3.8) is 0 Å². The number of carbonyl (C=O) groups excluding carboxylic acids is 2. The lowest BCUT2D eigenvalue weighted by atomic mass is 10.0. The summed E-state index contributed by atoms with van der Waals surface area (Å²) in [5.74, 6) is -0.353. The van der Waals surface area contributed by atoms with Crippen LogP contribution < -0.4 is 5.32 Å². The van der Waals surface area contributed by atoms with E-state index in [0.717, 1.165) is 4.90 Å². The minimum atomic E-state index is -3.51. The average Bonchev–Trinajstić information content (AvgIpc) is 2.72. The highest BCUT2D eigenvalue weighted by Crippen LogP contribution is 2.16. The molecule has 1 atom stereocenters. The maximum absolute atomic E-state index is 12.2. The minimum Gasteiger partial charge on any atom is -0.326 e. The Balaban J connectivity index is 2.03. The van der Waals surface area contributed by atoms with Gasteiger partial charge in [-0.2, -0.15) is 0 Å². The van der Waals surface area contributed by atoms with Crippen molar-refractivity contribution in [2.24, 2.45) is 5.92 Å². The zero-order valence-corrected chi connectivity index (χ0v) is 13.5. The summed E-state index contributed by atoms with van der Waals surface area (Å²) in [6.07, 6.45) is 0.548. The minimum absolute atomic E-state index is 0.128. The first-order valence-corrected chi connectivity index (χ1v) is 8.86. The van der Waals surface area contributed by atoms with E-state index in [1.54, 1.807) is 18.2 Å². The van der Waals surface area contributed by atoms with Crippen LogP contribution in [0.15, 0.2) is 35.2 Å². The fraction of sp³-hybridized carbons (Fsp3) is 0.467. The van der Waals surface area contributed by atoms with Crippen LogP contribution in [0.25, 0.3) is 0 Å². The summed E-state index contributed by atoms with van der Waals surface area (Å²) in [6, 6.07) is 6.95. The van der Waals surface area contributed by atoms with Gasteiger partial charge in [-0.15, -0.1) is 0 Å². The number of amides is 3. The highest BCUT2D eigenvalue weighted by atomic mass is 32.2. The second kappa shape index (κ2) is 6.48. The Hall–Kier alpha value is -1.89. The van der Waals surface area contributed by atoms with Crippen LogP contribution in [-0.2, 0) is 14.6 Å². The largest absolute Gasteiger partial charge is 0.326 e. The molecule has 1 heterocycles. The molecule has 120 valence electrons. The molecule has 1 saturated heterocycles. The van der Waals surface area contributed by atoms with Gasteiger partial charge in [0.2, 0.25) is 0 Å². The summed E-state index contributed by atoms with van der Waals surface area (Å²) in [5, 5.41) is 2.60. The zero-order chi connectivity index (χ0) is 16.3. The lowest BCUT2D eigenvalue weighted by Crippen LogP contribution is -2.35. The highest BCUT2D eigenvalue weighted by Gasteiger charge is 2.38. The zero-order valence-electron chi connectivity index (χ0n) is 12.7. The van der Waals surface area contributed by atoms with Gasteiger partial charge in [-0.1, -0.05) is 32.0 Å². The summed E-state index contributed by atoms with van der Waals surface area (Å²) < 4.78 is 24.4. The maximum atomic E-state index is 12.2. The SMILES string of the molecule is CC(C)CC1NC(=O)N(CCS(=O)(=O)c2ccccc2)C1=O. The van der Waals surface area contributed by atoms with Crippen molar-refractivity contribution < 1.29 is 18.0 Å². The third-order valence-electron chi connectivity index (χ3n) is 3.50. The van der Waals surface area contributed by atoms with Gasteiger partial charge in [-0.25, -0.2) is 13.2 Å². The smallest absolute Gasteiger partial charge is 0.324 e. The standard InChI is InChI=1S/C15H20N2O4S/c1-11(2)10-13-14(18)17(15(19)16-13)8-9-22(20,21)12-6-4-3-5-7-12/h3-7,11,13H,8-10H2,1-2H3,(H,16,19). The third kappa shape index (κ3) is 3.65. The molecule has 6 nitrogen and oxygen atoms in total. The molecule has 1 aromatic carbocycles. The molecule has 0 spiro atoms. The fourth-order valence-corrected chi connectivity index (χ4v) is 3.61. The number of urea groups is 1. The summed E-state index contributed by atoms with van der Waals surface area (Å²) in [4.78, 5) is 25.2. The van der Waals surface area contributed by atoms with E-state index < -0.39 is 21.9 Å². The molecule has 0 radical (unpaired) electrons. The number of rotatable bonds is 6. The number of benzene rings is 1. The highest BCUT2D eigenvalue weighted by molar-refractivity contribution is 7.91. The van der Waals surface area contributed by atoms with Crippen molar-refractivity contribution in [3.05, 3.63) is 30.3 Å². The van der Waals surface area contributed by atoms with Crippen molar-refractivity contribution in [1.29, 1.82) is 0 Å². The molecule has 1 aromatic rings. The van der Waals surface area contributed by atoms with E-state index >= 15 is 0 Å². The predicted molar refractivity (Wildman–Crippen MR) is 82.0 cm³/mol. The average molecular weight is 324 g/mol. The van der Waals surface area contributed by atoms with Gasteiger partial charge in [-0.3, -0.25) is 9.69 Å². The molecule has 1 unspecified atom stereocenters. The summed E-state index contributed by atoms with van der Waals surface area (Å²) in [5.41, 5.74) is 0. The van der Waals surface area contributed by atoms with Crippen LogP contribution in [0.5, 0.6) is 0 Å². The van der Waals surface area contributed by atoms with E-state index in [2.05, 4.69) is 5.32 Å². The lowest BCUT2D eigenvalue weighted by Gasteiger charge is -2.14. The number of sulfone groups is 1. The van der Waals surface area contributed by atoms with Gasteiger partial charge in [-0.05, 0) is 24.5 Å². The first-order chi connectivity index (χ1) is 10.3. The first-order valence-electron chi connectivity index (χ1n) is 7.21. The Bertz CT molecular complexity index is 655. The van der Waals surface area contributed by atoms with Gasteiger partial charge in [0.15, 0.2) is 9.84 Å². The van der Waals surface area contributed by atoms with Crippen LogP contribution in [0.4, 0.5) is 4.79 Å². The van der Waals surface area contributed by atoms with Crippen LogP contribution in [0.2, 0.25) is 0 Å². The van der Waals surface area contributed by atoms with E-state index in [0.29, 0.717) is 6.42 Å². The fourth-order valence-electron chi connectivity index (χ4n) is 2.38. The Morgan fingerprint density at radius 1 is 1.18 bits per heavy atom. The molecule has 1 aliphatic heterocycles. The van der Waals surface area contributed by atoms with Gasteiger partial charge >= 0.3 is 6.03 Å². The molecular weight excluding hydrogens is 304 g/mol. The number of hydrogen-bond donors (Lipinski definition) is 1. The molecule has 0 aromatic heterocycles. The molecule has 2 rings (SSSR count). The van der Waals surface area contributed by atoms with Crippen molar-refractivity contribution in [1.82, 2.24) is 10.2 Å². The second-order valence-corrected chi connectivity index (χ2v) is 7.86. The molecule has 22 heavy (non-hydrogen) atoms. The van der Waals surface area contributed by atoms with E-state index in [-0.39, 0.29) is 29.0 Å². The van der Waals surface area contributed by atoms with Crippen molar-refractivity contribution in [2.45, 2.75) is 31.2 Å². The van der Waals surface area contributed by atoms with Gasteiger partial charge < -0.3 is 5.32 Å². The first kappa shape index (κ1) is 16.5. The Morgan fingerprint density at radius 2 is 1.82 bits per heavy atom. The van der Waals surface area contributed by atoms with E-state index in [1.165, 1.54) is 12.1 Å². The van der Waals surface area contributed by atoms with E-state index in [9.17, 15) is 18.0 Å². The summed E-state index contributed by atoms with van der Waals surface area (Å²) in [7, 11) is -3.51. The second-order valence-electron chi connectivity index (χ2n) is 5.75. The number of imide groups is 1. The van der Waals surface area contributed by atoms with Gasteiger partial charge in [0, 0.05) is 6.54 Å². The number of nitrogens with one attached hydrogen (secondary N) is 1. The van der Waals surface area contributed by atoms with E-state index in [4.69, 9.17) is 0 Å². The molecule has 3 amide bonds. The molecule has 0 saturated carbocycles. The number of nitrogens with zero attached hydrogens (tertiary/aromatic N) is 1. The monoisotopic (exact) mass is 324 g/mol. The van der Waals surface area contributed by atoms with Crippen LogP contribution in [0.1, 0.15) is 20.3 Å². The molecule has 1 N–H and O–H groups in total. The van der Waals surface area contributed by atoms with Crippen molar-refractivity contribution in [3.8, 4) is 0 Å². The van der Waals surface area contributed by atoms with Crippen LogP contribution in [0, 0.1) is 5.92 Å². The van der Waals surface area contributed by atoms with Gasteiger partial charge in [0.1, 0.15) is 6.04 Å². The Kier molecular flexibility index (Phi) is 4.85. The maximum Gasteiger partial charge on any atom is 0.324 e. The molecule has 0 aliphatic carbocycles. The van der Waals surface area contributed by atoms with Gasteiger partial charge in [0.25, 0.3) is 5.91 Å².